The van der Waals surface area contributed by atoms with E-state index in [1.54, 1.807) is 25.6 Å². The van der Waals surface area contributed by atoms with Crippen LogP contribution in [0.15, 0.2) is 29.6 Å². The largest absolute Gasteiger partial charge is 0.493 e. The van der Waals surface area contributed by atoms with Gasteiger partial charge in [-0.25, -0.2) is 9.69 Å². The Balaban J connectivity index is 1.46. The topological polar surface area (TPSA) is 74.4 Å². The molecule has 0 saturated carbocycles. The van der Waals surface area contributed by atoms with Crippen molar-refractivity contribution in [2.45, 2.75) is 30.8 Å². The molecule has 1 N–H and O–H groups in total. The van der Waals surface area contributed by atoms with Crippen molar-refractivity contribution in [2.75, 3.05) is 47.6 Å². The van der Waals surface area contributed by atoms with Crippen molar-refractivity contribution in [2.24, 2.45) is 0 Å². The van der Waals surface area contributed by atoms with E-state index in [2.05, 4.69) is 26.6 Å². The number of imide groups is 1. The summed E-state index contributed by atoms with van der Waals surface area (Å²) >= 11 is 1.68. The zero-order valence-electron chi connectivity index (χ0n) is 19.3. The highest BCUT2D eigenvalue weighted by atomic mass is 32.1. The highest BCUT2D eigenvalue weighted by molar-refractivity contribution is 7.10. The summed E-state index contributed by atoms with van der Waals surface area (Å²) in [6, 6.07) is 7.88. The van der Waals surface area contributed by atoms with Gasteiger partial charge in [-0.2, -0.15) is 0 Å². The molecule has 33 heavy (non-hydrogen) atoms. The Bertz CT molecular complexity index is 1050. The predicted molar refractivity (Wildman–Crippen MR) is 126 cm³/mol. The molecule has 1 aromatic heterocycles. The van der Waals surface area contributed by atoms with Gasteiger partial charge < -0.3 is 19.7 Å². The number of ether oxygens (including phenoxy) is 2. The summed E-state index contributed by atoms with van der Waals surface area (Å²) in [6.45, 7) is 2.60. The molecule has 2 saturated heterocycles. The van der Waals surface area contributed by atoms with Gasteiger partial charge in [0.05, 0.1) is 26.9 Å². The van der Waals surface area contributed by atoms with Crippen LogP contribution in [-0.2, 0) is 11.2 Å². The molecule has 2 aromatic rings. The number of carbonyl (C=O) groups is 2. The Morgan fingerprint density at radius 2 is 1.85 bits per heavy atom. The summed E-state index contributed by atoms with van der Waals surface area (Å²) in [4.78, 5) is 33.4. The van der Waals surface area contributed by atoms with Crippen LogP contribution < -0.4 is 14.8 Å². The van der Waals surface area contributed by atoms with E-state index in [9.17, 15) is 9.59 Å². The quantitative estimate of drug-likeness (QED) is 0.678. The van der Waals surface area contributed by atoms with Crippen LogP contribution in [0, 0.1) is 0 Å². The maximum Gasteiger partial charge on any atom is 0.326 e. The van der Waals surface area contributed by atoms with Crippen molar-refractivity contribution in [3.05, 3.63) is 45.6 Å². The molecule has 1 aromatic carbocycles. The first-order valence-corrected chi connectivity index (χ1v) is 12.2. The van der Waals surface area contributed by atoms with Crippen LogP contribution in [0.5, 0.6) is 11.5 Å². The number of methoxy groups -OCH3 is 2. The number of hydrogen-bond donors (Lipinski definition) is 1. The molecule has 1 atom stereocenters. The summed E-state index contributed by atoms with van der Waals surface area (Å²) in [5, 5.41) is 5.09. The summed E-state index contributed by atoms with van der Waals surface area (Å²) < 4.78 is 11.1. The second kappa shape index (κ2) is 8.62. The molecule has 3 aliphatic heterocycles. The van der Waals surface area contributed by atoms with E-state index < -0.39 is 5.54 Å². The fourth-order valence-corrected chi connectivity index (χ4v) is 6.13. The molecule has 2 fully saturated rings. The number of hydrogen-bond acceptors (Lipinski definition) is 7. The van der Waals surface area contributed by atoms with E-state index in [-0.39, 0.29) is 24.6 Å². The van der Waals surface area contributed by atoms with Gasteiger partial charge in [0.1, 0.15) is 5.54 Å². The molecule has 176 valence electrons. The fourth-order valence-electron chi connectivity index (χ4n) is 5.26. The number of likely N-dealkylation sites (tertiary alicyclic amines) is 1. The molecular weight excluding hydrogens is 440 g/mol. The zero-order chi connectivity index (χ0) is 23.2. The molecular formula is C24H30N4O4S. The lowest BCUT2D eigenvalue weighted by molar-refractivity contribution is -0.134. The minimum atomic E-state index is -0.758. The van der Waals surface area contributed by atoms with E-state index >= 15 is 0 Å². The van der Waals surface area contributed by atoms with E-state index in [0.29, 0.717) is 24.3 Å². The van der Waals surface area contributed by atoms with Crippen LogP contribution in [0.2, 0.25) is 0 Å². The maximum atomic E-state index is 13.5. The Morgan fingerprint density at radius 1 is 1.12 bits per heavy atom. The van der Waals surface area contributed by atoms with Crippen molar-refractivity contribution in [3.63, 3.8) is 0 Å². The van der Waals surface area contributed by atoms with Crippen LogP contribution >= 0.6 is 11.3 Å². The van der Waals surface area contributed by atoms with Gasteiger partial charge in [-0.15, -0.1) is 11.3 Å². The Morgan fingerprint density at radius 3 is 2.52 bits per heavy atom. The van der Waals surface area contributed by atoms with E-state index in [1.165, 1.54) is 15.3 Å². The summed E-state index contributed by atoms with van der Waals surface area (Å²) in [5.74, 6) is 1.30. The number of nitrogens with zero attached hydrogens (tertiary/aromatic N) is 3. The minimum Gasteiger partial charge on any atom is -0.493 e. The van der Waals surface area contributed by atoms with Crippen LogP contribution in [-0.4, -0.2) is 79.7 Å². The fraction of sp³-hybridized carbons (Fsp3) is 0.500. The van der Waals surface area contributed by atoms with Gasteiger partial charge in [0.25, 0.3) is 5.91 Å². The first kappa shape index (κ1) is 22.2. The maximum absolute atomic E-state index is 13.5. The normalized spacial score (nSPS) is 23.0. The van der Waals surface area contributed by atoms with Crippen LogP contribution in [0.25, 0.3) is 0 Å². The highest BCUT2D eigenvalue weighted by Crippen LogP contribution is 2.42. The summed E-state index contributed by atoms with van der Waals surface area (Å²) in [5.41, 5.74) is 1.57. The number of carbonyl (C=O) groups excluding carboxylic acids is 2. The number of benzene rings is 1. The zero-order valence-corrected chi connectivity index (χ0v) is 20.1. The molecule has 3 amide bonds. The van der Waals surface area contributed by atoms with Crippen molar-refractivity contribution >= 4 is 23.3 Å². The van der Waals surface area contributed by atoms with Crippen molar-refractivity contribution < 1.29 is 19.1 Å². The van der Waals surface area contributed by atoms with E-state index in [0.717, 1.165) is 31.6 Å². The van der Waals surface area contributed by atoms with Crippen molar-refractivity contribution in [3.8, 4) is 11.5 Å². The first-order chi connectivity index (χ1) is 16.0. The third kappa shape index (κ3) is 3.78. The molecule has 0 bridgehead atoms. The van der Waals surface area contributed by atoms with Gasteiger partial charge in [0.15, 0.2) is 11.5 Å². The predicted octanol–water partition coefficient (Wildman–Crippen LogP) is 2.69. The number of urea groups is 1. The van der Waals surface area contributed by atoms with Crippen LogP contribution in [0.3, 0.4) is 0 Å². The van der Waals surface area contributed by atoms with Gasteiger partial charge in [0, 0.05) is 24.5 Å². The Kier molecular flexibility index (Phi) is 5.80. The molecule has 4 heterocycles. The number of piperidine rings is 1. The lowest BCUT2D eigenvalue weighted by Gasteiger charge is -2.39. The monoisotopic (exact) mass is 470 g/mol. The molecule has 0 unspecified atom stereocenters. The second-order valence-corrected chi connectivity index (χ2v) is 10.1. The van der Waals surface area contributed by atoms with Crippen LogP contribution in [0.4, 0.5) is 4.79 Å². The summed E-state index contributed by atoms with van der Waals surface area (Å²) in [7, 11) is 5.33. The number of thiophene rings is 1. The number of nitrogens with one attached hydrogen (secondary N) is 1. The van der Waals surface area contributed by atoms with Gasteiger partial charge in [-0.3, -0.25) is 9.69 Å². The second-order valence-electron chi connectivity index (χ2n) is 9.08. The third-order valence-electron chi connectivity index (χ3n) is 7.20. The lowest BCUT2D eigenvalue weighted by Crippen LogP contribution is -2.54. The molecule has 1 spiro atoms. The third-order valence-corrected chi connectivity index (χ3v) is 8.12. The molecule has 5 rings (SSSR count). The SMILES string of the molecule is COc1cc2c(cc1OC)[C@@H](c1cccs1)N(CN1C(=O)NC3(CCN(C)CC3)C1=O)CC2. The molecule has 0 radical (unpaired) electrons. The highest BCUT2D eigenvalue weighted by Gasteiger charge is 2.52. The van der Waals surface area contributed by atoms with Gasteiger partial charge in [-0.1, -0.05) is 6.07 Å². The molecule has 3 aliphatic rings. The van der Waals surface area contributed by atoms with Gasteiger partial charge >= 0.3 is 6.03 Å². The van der Waals surface area contributed by atoms with Crippen LogP contribution in [0.1, 0.15) is 34.9 Å². The molecule has 8 nitrogen and oxygen atoms in total. The smallest absolute Gasteiger partial charge is 0.326 e. The number of fused-ring (bicyclic) bond motifs is 1. The lowest BCUT2D eigenvalue weighted by atomic mass is 9.87. The minimum absolute atomic E-state index is 0.0665. The van der Waals surface area contributed by atoms with Gasteiger partial charge in [-0.05, 0) is 61.0 Å². The number of rotatable bonds is 5. The van der Waals surface area contributed by atoms with Crippen molar-refractivity contribution in [1.29, 1.82) is 0 Å². The molecule has 0 aliphatic carbocycles. The van der Waals surface area contributed by atoms with E-state index in [1.807, 2.05) is 25.2 Å². The van der Waals surface area contributed by atoms with Crippen molar-refractivity contribution in [1.82, 2.24) is 20.0 Å². The average molecular weight is 471 g/mol. The number of amides is 3. The standard InChI is InChI=1S/C24H30N4O4S/c1-26-10-7-24(8-11-26)22(29)28(23(30)25-24)15-27-9-6-16-13-18(31-2)19(32-3)14-17(16)21(27)20-5-4-12-33-20/h4-5,12-14,21H,6-11,15H2,1-3H3,(H,25,30)/t21-/m0/s1. The van der Waals surface area contributed by atoms with E-state index in [4.69, 9.17) is 9.47 Å². The Hall–Kier alpha value is -2.62. The molecule has 9 heteroatoms. The van der Waals surface area contributed by atoms with Gasteiger partial charge in [0.2, 0.25) is 0 Å². The first-order valence-electron chi connectivity index (χ1n) is 11.3. The average Bonchev–Trinajstić information content (AvgIpc) is 3.43. The summed E-state index contributed by atoms with van der Waals surface area (Å²) in [6.07, 6.45) is 2.11. The Labute approximate surface area is 198 Å².